The Morgan fingerprint density at radius 2 is 1.78 bits per heavy atom. The van der Waals surface area contributed by atoms with E-state index in [2.05, 4.69) is 15.3 Å². The topological polar surface area (TPSA) is 88.1 Å². The van der Waals surface area contributed by atoms with Crippen molar-refractivity contribution in [1.29, 1.82) is 0 Å². The summed E-state index contributed by atoms with van der Waals surface area (Å²) < 4.78 is 4.62. The van der Waals surface area contributed by atoms with Crippen molar-refractivity contribution in [3.63, 3.8) is 0 Å². The van der Waals surface area contributed by atoms with Crippen LogP contribution in [-0.4, -0.2) is 42.6 Å². The Kier molecular flexibility index (Phi) is 5.61. The molecule has 0 atom stereocenters. The van der Waals surface area contributed by atoms with E-state index < -0.39 is 17.8 Å². The summed E-state index contributed by atoms with van der Waals surface area (Å²) in [7, 11) is 1.31. The lowest BCUT2D eigenvalue weighted by molar-refractivity contribution is -0.146. The molecule has 0 aromatic heterocycles. The number of hydrogen-bond donors (Lipinski definition) is 1. The molecule has 0 spiro atoms. The molecule has 0 fully saturated rings. The summed E-state index contributed by atoms with van der Waals surface area (Å²) in [5.41, 5.74) is 5.59. The molecule has 27 heavy (non-hydrogen) atoms. The molecule has 7 heteroatoms. The van der Waals surface area contributed by atoms with E-state index in [1.807, 2.05) is 24.3 Å². The van der Waals surface area contributed by atoms with Gasteiger partial charge in [0.15, 0.2) is 0 Å². The van der Waals surface area contributed by atoms with Gasteiger partial charge in [-0.3, -0.25) is 9.59 Å². The largest absolute Gasteiger partial charge is 0.465 e. The molecule has 1 aliphatic rings. The lowest BCUT2D eigenvalue weighted by Crippen LogP contribution is -2.43. The molecule has 0 radical (unpaired) electrons. The van der Waals surface area contributed by atoms with Gasteiger partial charge < -0.3 is 9.64 Å². The van der Waals surface area contributed by atoms with Gasteiger partial charge in [0.2, 0.25) is 0 Å². The Labute approximate surface area is 156 Å². The summed E-state index contributed by atoms with van der Waals surface area (Å²) in [5, 5.41) is 3.81. The van der Waals surface area contributed by atoms with Crippen LogP contribution >= 0.6 is 0 Å². The van der Waals surface area contributed by atoms with Crippen LogP contribution in [0.4, 0.5) is 0 Å². The summed E-state index contributed by atoms with van der Waals surface area (Å²) in [6, 6.07) is 14.4. The van der Waals surface area contributed by atoms with Crippen molar-refractivity contribution in [1.82, 2.24) is 10.3 Å². The molecular weight excluding hydrogens is 346 g/mol. The summed E-state index contributed by atoms with van der Waals surface area (Å²) in [6.07, 6.45) is 2.13. The van der Waals surface area contributed by atoms with Crippen molar-refractivity contribution >= 4 is 24.0 Å². The molecule has 1 N–H and O–H groups in total. The first-order chi connectivity index (χ1) is 13.1. The number of carbonyl (C=O) groups is 3. The molecule has 2 aromatic carbocycles. The molecule has 1 aliphatic heterocycles. The minimum Gasteiger partial charge on any atom is -0.465 e. The average molecular weight is 365 g/mol. The van der Waals surface area contributed by atoms with Crippen LogP contribution in [-0.2, 0) is 27.3 Å². The monoisotopic (exact) mass is 365 g/mol. The summed E-state index contributed by atoms with van der Waals surface area (Å²) in [4.78, 5) is 37.2. The fraction of sp³-hybridized carbons (Fsp3) is 0.200. The zero-order valence-electron chi connectivity index (χ0n) is 14.8. The third-order valence-electron chi connectivity index (χ3n) is 4.32. The first-order valence-electron chi connectivity index (χ1n) is 8.46. The quantitative estimate of drug-likeness (QED) is 0.386. The number of nitrogens with one attached hydrogen (secondary N) is 1. The highest BCUT2D eigenvalue weighted by molar-refractivity contribution is 6.35. The first-order valence-corrected chi connectivity index (χ1v) is 8.46. The van der Waals surface area contributed by atoms with Crippen molar-refractivity contribution in [2.24, 2.45) is 5.10 Å². The van der Waals surface area contributed by atoms with Crippen molar-refractivity contribution in [3.05, 3.63) is 70.8 Å². The predicted molar refractivity (Wildman–Crippen MR) is 99.1 cm³/mol. The maximum Gasteiger partial charge on any atom is 0.337 e. The number of hydrogen-bond acceptors (Lipinski definition) is 5. The van der Waals surface area contributed by atoms with Crippen LogP contribution in [0.25, 0.3) is 0 Å². The number of carbonyl (C=O) groups excluding carboxylic acids is 3. The van der Waals surface area contributed by atoms with Gasteiger partial charge in [0.05, 0.1) is 18.9 Å². The third-order valence-corrected chi connectivity index (χ3v) is 4.32. The standard InChI is InChI=1S/C20H19N3O4/c1-27-20(26)16-8-6-14(7-9-16)12-21-22-18(24)19(25)23-11-10-15-4-2-3-5-17(15)13-23/h2-9,12H,10-11,13H2,1H3,(H,22,24). The van der Waals surface area contributed by atoms with Gasteiger partial charge in [-0.05, 0) is 35.2 Å². The lowest BCUT2D eigenvalue weighted by atomic mass is 10.00. The van der Waals surface area contributed by atoms with Crippen LogP contribution in [0.5, 0.6) is 0 Å². The van der Waals surface area contributed by atoms with Crippen molar-refractivity contribution < 1.29 is 19.1 Å². The van der Waals surface area contributed by atoms with Gasteiger partial charge >= 0.3 is 17.8 Å². The number of esters is 1. The van der Waals surface area contributed by atoms with E-state index in [0.717, 1.165) is 12.0 Å². The fourth-order valence-electron chi connectivity index (χ4n) is 2.85. The Balaban J connectivity index is 1.55. The fourth-order valence-corrected chi connectivity index (χ4v) is 2.85. The molecule has 7 nitrogen and oxygen atoms in total. The van der Waals surface area contributed by atoms with Gasteiger partial charge in [-0.1, -0.05) is 36.4 Å². The summed E-state index contributed by atoms with van der Waals surface area (Å²) in [5.74, 6) is -1.82. The van der Waals surface area contributed by atoms with E-state index in [0.29, 0.717) is 24.2 Å². The average Bonchev–Trinajstić information content (AvgIpc) is 2.72. The second kappa shape index (κ2) is 8.27. The molecule has 138 valence electrons. The van der Waals surface area contributed by atoms with Crippen LogP contribution in [0.1, 0.15) is 27.0 Å². The number of ether oxygens (including phenoxy) is 1. The SMILES string of the molecule is COC(=O)c1ccc(C=NNC(=O)C(=O)N2CCc3ccccc3C2)cc1. The number of methoxy groups -OCH3 is 1. The van der Waals surface area contributed by atoms with E-state index in [1.54, 1.807) is 24.3 Å². The van der Waals surface area contributed by atoms with Crippen molar-refractivity contribution in [2.45, 2.75) is 13.0 Å². The zero-order valence-corrected chi connectivity index (χ0v) is 14.8. The van der Waals surface area contributed by atoms with Crippen molar-refractivity contribution in [2.75, 3.05) is 13.7 Å². The van der Waals surface area contributed by atoms with Crippen LogP contribution < -0.4 is 5.43 Å². The zero-order chi connectivity index (χ0) is 19.2. The van der Waals surface area contributed by atoms with Crippen LogP contribution in [0.2, 0.25) is 0 Å². The minimum absolute atomic E-state index is 0.416. The second-order valence-corrected chi connectivity index (χ2v) is 6.06. The number of nitrogens with zero attached hydrogens (tertiary/aromatic N) is 2. The van der Waals surface area contributed by atoms with Crippen molar-refractivity contribution in [3.8, 4) is 0 Å². The molecule has 0 aliphatic carbocycles. The Morgan fingerprint density at radius 1 is 1.07 bits per heavy atom. The number of hydrazone groups is 1. The summed E-state index contributed by atoms with van der Waals surface area (Å²) in [6.45, 7) is 0.920. The highest BCUT2D eigenvalue weighted by Gasteiger charge is 2.25. The maximum absolute atomic E-state index is 12.3. The van der Waals surface area contributed by atoms with Crippen LogP contribution in [0.3, 0.4) is 0 Å². The Bertz CT molecular complexity index is 890. The first kappa shape index (κ1) is 18.3. The molecule has 0 unspecified atom stereocenters. The van der Waals surface area contributed by atoms with Crippen LogP contribution in [0, 0.1) is 0 Å². The van der Waals surface area contributed by atoms with Crippen LogP contribution in [0.15, 0.2) is 53.6 Å². The molecule has 2 amide bonds. The highest BCUT2D eigenvalue weighted by Crippen LogP contribution is 2.18. The van der Waals surface area contributed by atoms with Gasteiger partial charge in [0, 0.05) is 13.1 Å². The molecule has 0 saturated heterocycles. The van der Waals surface area contributed by atoms with Gasteiger partial charge in [-0.2, -0.15) is 5.10 Å². The lowest BCUT2D eigenvalue weighted by Gasteiger charge is -2.27. The molecule has 2 aromatic rings. The van der Waals surface area contributed by atoms with E-state index in [1.165, 1.54) is 23.8 Å². The summed E-state index contributed by atoms with van der Waals surface area (Å²) >= 11 is 0. The van der Waals surface area contributed by atoms with Gasteiger partial charge in [0.1, 0.15) is 0 Å². The molecule has 1 heterocycles. The number of benzene rings is 2. The molecule has 0 saturated carbocycles. The normalized spacial score (nSPS) is 13.1. The van der Waals surface area contributed by atoms with E-state index in [9.17, 15) is 14.4 Å². The smallest absolute Gasteiger partial charge is 0.337 e. The Morgan fingerprint density at radius 3 is 2.48 bits per heavy atom. The minimum atomic E-state index is -0.781. The maximum atomic E-state index is 12.3. The van der Waals surface area contributed by atoms with Gasteiger partial charge in [0.25, 0.3) is 0 Å². The van der Waals surface area contributed by atoms with E-state index in [-0.39, 0.29) is 0 Å². The van der Waals surface area contributed by atoms with E-state index in [4.69, 9.17) is 0 Å². The molecule has 0 bridgehead atoms. The number of amides is 2. The van der Waals surface area contributed by atoms with Gasteiger partial charge in [-0.25, -0.2) is 10.2 Å². The number of fused-ring (bicyclic) bond motifs is 1. The van der Waals surface area contributed by atoms with Gasteiger partial charge in [-0.15, -0.1) is 0 Å². The second-order valence-electron chi connectivity index (χ2n) is 6.06. The predicted octanol–water partition coefficient (Wildman–Crippen LogP) is 1.51. The molecule has 3 rings (SSSR count). The third kappa shape index (κ3) is 4.38. The Hall–Kier alpha value is -3.48. The number of rotatable bonds is 3. The molecular formula is C20H19N3O4. The van der Waals surface area contributed by atoms with E-state index >= 15 is 0 Å². The highest BCUT2D eigenvalue weighted by atomic mass is 16.5.